The second kappa shape index (κ2) is 5.91. The van der Waals surface area contributed by atoms with Crippen LogP contribution in [0.15, 0.2) is 0 Å². The van der Waals surface area contributed by atoms with Gasteiger partial charge in [0.25, 0.3) is 0 Å². The Morgan fingerprint density at radius 3 is 2.00 bits per heavy atom. The molecule has 1 fully saturated rings. The summed E-state index contributed by atoms with van der Waals surface area (Å²) in [6.45, 7) is 0. The number of rotatable bonds is 2. The maximum Gasteiger partial charge on any atom is 1.00 e. The molecular formula is C6H9NaO9S. The molecule has 0 aromatic carbocycles. The van der Waals surface area contributed by atoms with Crippen molar-refractivity contribution in [3.05, 3.63) is 5.44 Å². The first kappa shape index (κ1) is 17.2. The van der Waals surface area contributed by atoms with Crippen LogP contribution in [0.5, 0.6) is 0 Å². The summed E-state index contributed by atoms with van der Waals surface area (Å²) in [6.07, 6.45) is -8.42. The van der Waals surface area contributed by atoms with Crippen LogP contribution in [0.25, 0.3) is 0 Å². The van der Waals surface area contributed by atoms with Crippen molar-refractivity contribution in [3.8, 4) is 0 Å². The Kier molecular flexibility index (Phi) is 5.98. The maximum atomic E-state index is 10.7. The van der Waals surface area contributed by atoms with Crippen LogP contribution < -0.4 is 29.6 Å². The van der Waals surface area contributed by atoms with Crippen LogP contribution in [0, 0.1) is 5.44 Å². The third-order valence-electron chi connectivity index (χ3n) is 1.97. The molecule has 5 N–H and O–H groups in total. The fraction of sp³-hybridized carbons (Fsp3) is 0.667. The van der Waals surface area contributed by atoms with E-state index in [1.54, 1.807) is 0 Å². The zero-order valence-corrected chi connectivity index (χ0v) is 11.4. The fourth-order valence-electron chi connectivity index (χ4n) is 1.18. The minimum Gasteiger partial charge on any atom is -0.516 e. The zero-order chi connectivity index (χ0) is 12.7. The molecule has 1 aliphatic heterocycles. The van der Waals surface area contributed by atoms with Crippen LogP contribution in [-0.4, -0.2) is 63.8 Å². The number of carboxylic acid groups (broad SMARTS) is 1. The zero-order valence-electron chi connectivity index (χ0n) is 8.59. The van der Waals surface area contributed by atoms with E-state index in [-0.39, 0.29) is 29.6 Å². The number of aliphatic carboxylic acids is 1. The molecule has 1 saturated heterocycles. The molecule has 0 bridgehead atoms. The van der Waals surface area contributed by atoms with Gasteiger partial charge in [0.2, 0.25) is 0 Å². The molecule has 17 heavy (non-hydrogen) atoms. The Bertz CT molecular complexity index is 381. The van der Waals surface area contributed by atoms with E-state index in [1.165, 1.54) is 0 Å². The quantitative estimate of drug-likeness (QED) is 0.188. The topological polar surface area (TPSA) is 162 Å². The predicted molar refractivity (Wildman–Crippen MR) is 45.3 cm³/mol. The van der Waals surface area contributed by atoms with E-state index in [9.17, 15) is 13.2 Å². The predicted octanol–water partition coefficient (Wildman–Crippen LogP) is -6.07. The summed E-state index contributed by atoms with van der Waals surface area (Å²) in [5, 5.41) is 36.0. The number of carbonyl (C=O) groups is 1. The van der Waals surface area contributed by atoms with E-state index in [1.807, 2.05) is 0 Å². The summed E-state index contributed by atoms with van der Waals surface area (Å²) in [5.74, 6) is -1.75. The molecule has 0 aliphatic carbocycles. The first-order valence-corrected chi connectivity index (χ1v) is 5.38. The molecule has 11 heteroatoms. The fourth-order valence-corrected chi connectivity index (χ4v) is 1.85. The third kappa shape index (κ3) is 3.59. The molecule has 0 spiro atoms. The monoisotopic (exact) mass is 280 g/mol. The van der Waals surface area contributed by atoms with Gasteiger partial charge in [-0.3, -0.25) is 0 Å². The number of hydrogen-bond acceptors (Lipinski definition) is 7. The molecule has 0 aromatic rings. The molecule has 1 heterocycles. The molecule has 0 radical (unpaired) electrons. The van der Waals surface area contributed by atoms with Gasteiger partial charge in [-0.1, -0.05) is 0 Å². The van der Waals surface area contributed by atoms with Gasteiger partial charge in [0, 0.05) is 6.10 Å². The van der Waals surface area contributed by atoms with Gasteiger partial charge < -0.3 is 29.7 Å². The summed E-state index contributed by atoms with van der Waals surface area (Å²) in [5.41, 5.74) is -1.40. The maximum absolute atomic E-state index is 10.7. The molecule has 1 aliphatic rings. The van der Waals surface area contributed by atoms with E-state index in [2.05, 4.69) is 4.74 Å². The molecule has 4 atom stereocenters. The molecule has 94 valence electrons. The largest absolute Gasteiger partial charge is 1.00 e. The van der Waals surface area contributed by atoms with E-state index < -0.39 is 45.9 Å². The van der Waals surface area contributed by atoms with Crippen molar-refractivity contribution >= 4 is 16.1 Å². The standard InChI is InChI=1S/C6H9O9S.Na/c7-1-2(8)4(5(10)11)15-6(3(1)9)16(12,13)14;/h1-4,7-9H,(H,10,11)(H,12,13,14);/q-1;+1/t1-,2-,3+,4+;/m1./s1. The van der Waals surface area contributed by atoms with Crippen molar-refractivity contribution < 1.29 is 72.5 Å². The summed E-state index contributed by atoms with van der Waals surface area (Å²) in [6, 6.07) is 0. The van der Waals surface area contributed by atoms with Crippen LogP contribution in [0.3, 0.4) is 0 Å². The second-order valence-electron chi connectivity index (χ2n) is 3.10. The number of ether oxygens (including phenoxy) is 1. The second-order valence-corrected chi connectivity index (χ2v) is 4.45. The van der Waals surface area contributed by atoms with Crippen LogP contribution in [0.2, 0.25) is 0 Å². The van der Waals surface area contributed by atoms with E-state index >= 15 is 0 Å². The average molecular weight is 280 g/mol. The van der Waals surface area contributed by atoms with Gasteiger partial charge in [0.1, 0.15) is 6.10 Å². The van der Waals surface area contributed by atoms with Crippen molar-refractivity contribution in [2.75, 3.05) is 0 Å². The number of carboxylic acids is 1. The summed E-state index contributed by atoms with van der Waals surface area (Å²) < 4.78 is 34.1. The van der Waals surface area contributed by atoms with Crippen LogP contribution in [0.1, 0.15) is 0 Å². The van der Waals surface area contributed by atoms with Crippen molar-refractivity contribution in [1.82, 2.24) is 0 Å². The Balaban J connectivity index is 0.00000256. The van der Waals surface area contributed by atoms with Crippen molar-refractivity contribution in [1.29, 1.82) is 0 Å². The smallest absolute Gasteiger partial charge is 0.516 e. The first-order valence-electron chi connectivity index (χ1n) is 3.94. The van der Waals surface area contributed by atoms with Gasteiger partial charge in [-0.05, 0) is 5.44 Å². The van der Waals surface area contributed by atoms with E-state index in [4.69, 9.17) is 25.0 Å². The van der Waals surface area contributed by atoms with E-state index in [0.717, 1.165) is 0 Å². The number of aliphatic hydroxyl groups excluding tert-OH is 3. The van der Waals surface area contributed by atoms with Gasteiger partial charge in [0.15, 0.2) is 16.2 Å². The van der Waals surface area contributed by atoms with Gasteiger partial charge in [-0.15, -0.1) is 0 Å². The number of aliphatic hydroxyl groups is 3. The van der Waals surface area contributed by atoms with Gasteiger partial charge in [0.05, 0.1) is 6.10 Å². The minimum absolute atomic E-state index is 0. The summed E-state index contributed by atoms with van der Waals surface area (Å²) in [7, 11) is -4.99. The van der Waals surface area contributed by atoms with Crippen LogP contribution in [-0.2, 0) is 19.6 Å². The first-order chi connectivity index (χ1) is 7.16. The van der Waals surface area contributed by atoms with E-state index in [0.29, 0.717) is 0 Å². The van der Waals surface area contributed by atoms with Crippen molar-refractivity contribution in [3.63, 3.8) is 0 Å². The SMILES string of the molecule is O=C(O)[C@H]1O[C-](S(=O)(=O)O)[C@@H](O)[C@H](O)[C@H]1O.[Na+]. The molecule has 9 nitrogen and oxygen atoms in total. The Hall–Kier alpha value is 0.220. The molecular weight excluding hydrogens is 271 g/mol. The average Bonchev–Trinajstić information content (AvgIpc) is 2.11. The number of hydrogen-bond donors (Lipinski definition) is 5. The minimum atomic E-state index is -4.99. The molecule has 1 rings (SSSR count). The summed E-state index contributed by atoms with van der Waals surface area (Å²) in [4.78, 5) is 10.5. The Morgan fingerprint density at radius 1 is 1.18 bits per heavy atom. The Morgan fingerprint density at radius 2 is 1.65 bits per heavy atom. The molecule has 0 unspecified atom stereocenters. The van der Waals surface area contributed by atoms with Crippen molar-refractivity contribution in [2.24, 2.45) is 0 Å². The van der Waals surface area contributed by atoms with Crippen LogP contribution in [0.4, 0.5) is 0 Å². The molecule has 0 amide bonds. The van der Waals surface area contributed by atoms with Gasteiger partial charge in [-0.25, -0.2) is 13.2 Å². The Labute approximate surface area is 118 Å². The third-order valence-corrected chi connectivity index (χ3v) is 2.81. The van der Waals surface area contributed by atoms with Gasteiger partial charge in [-0.2, -0.15) is 0 Å². The molecule has 0 saturated carbocycles. The van der Waals surface area contributed by atoms with Crippen molar-refractivity contribution in [2.45, 2.75) is 24.4 Å². The summed E-state index contributed by atoms with van der Waals surface area (Å²) >= 11 is 0. The van der Waals surface area contributed by atoms with Gasteiger partial charge >= 0.3 is 35.5 Å². The normalized spacial score (nSPS) is 35.1. The van der Waals surface area contributed by atoms with Crippen LogP contribution >= 0.6 is 0 Å². The molecule has 0 aromatic heterocycles.